The van der Waals surface area contributed by atoms with Crippen molar-refractivity contribution in [1.82, 2.24) is 20.4 Å². The maximum atomic E-state index is 4.50. The lowest BCUT2D eigenvalue weighted by molar-refractivity contribution is 0.393. The fourth-order valence-electron chi connectivity index (χ4n) is 2.95. The molecule has 1 fully saturated rings. The van der Waals surface area contributed by atoms with Crippen LogP contribution in [0.1, 0.15) is 23.4 Å². The summed E-state index contributed by atoms with van der Waals surface area (Å²) < 4.78 is 0. The molecule has 0 bridgehead atoms. The zero-order chi connectivity index (χ0) is 11.0. The van der Waals surface area contributed by atoms with Crippen LogP contribution in [0.2, 0.25) is 0 Å². The Labute approximate surface area is 96.4 Å². The fourth-order valence-corrected chi connectivity index (χ4v) is 2.95. The van der Waals surface area contributed by atoms with Crippen LogP contribution in [0.25, 0.3) is 0 Å². The molecule has 0 aliphatic carbocycles. The van der Waals surface area contributed by atoms with E-state index in [9.17, 15) is 0 Å². The number of hydrogen-bond acceptors (Lipinski definition) is 3. The van der Waals surface area contributed by atoms with Crippen molar-refractivity contribution in [3.8, 4) is 0 Å². The third-order valence-corrected chi connectivity index (χ3v) is 3.86. The van der Waals surface area contributed by atoms with Crippen molar-refractivity contribution >= 4 is 0 Å². The molecule has 2 N–H and O–H groups in total. The Bertz CT molecular complexity index is 371. The van der Waals surface area contributed by atoms with Crippen LogP contribution in [-0.2, 0) is 19.4 Å². The molecule has 88 valence electrons. The van der Waals surface area contributed by atoms with Gasteiger partial charge in [0, 0.05) is 13.1 Å². The van der Waals surface area contributed by atoms with E-state index in [4.69, 9.17) is 0 Å². The second-order valence-corrected chi connectivity index (χ2v) is 5.18. The molecule has 0 amide bonds. The smallest absolute Gasteiger partial charge is 0.0661 e. The number of nitrogens with one attached hydrogen (secondary N) is 2. The molecule has 1 saturated heterocycles. The molecule has 1 atom stereocenters. The summed E-state index contributed by atoms with van der Waals surface area (Å²) >= 11 is 0. The van der Waals surface area contributed by atoms with E-state index in [0.29, 0.717) is 0 Å². The van der Waals surface area contributed by atoms with Crippen molar-refractivity contribution in [2.45, 2.75) is 25.8 Å². The minimum Gasteiger partial charge on any atom is -0.311 e. The van der Waals surface area contributed by atoms with Crippen molar-refractivity contribution in [1.29, 1.82) is 0 Å². The predicted octanol–water partition coefficient (Wildman–Crippen LogP) is 0.550. The van der Waals surface area contributed by atoms with Crippen LogP contribution in [-0.4, -0.2) is 41.8 Å². The average Bonchev–Trinajstić information content (AvgIpc) is 2.87. The highest BCUT2D eigenvalue weighted by Gasteiger charge is 2.23. The van der Waals surface area contributed by atoms with Crippen molar-refractivity contribution in [3.05, 3.63) is 17.0 Å². The predicted molar refractivity (Wildman–Crippen MR) is 63.3 cm³/mol. The second kappa shape index (κ2) is 4.18. The molecule has 0 radical (unpaired) electrons. The van der Waals surface area contributed by atoms with Crippen molar-refractivity contribution < 1.29 is 0 Å². The van der Waals surface area contributed by atoms with Crippen LogP contribution in [0.15, 0.2) is 0 Å². The summed E-state index contributed by atoms with van der Waals surface area (Å²) in [6.07, 6.45) is 3.64. The molecule has 3 rings (SSSR count). The van der Waals surface area contributed by atoms with E-state index in [1.807, 2.05) is 0 Å². The van der Waals surface area contributed by atoms with E-state index in [0.717, 1.165) is 31.8 Å². The number of fused-ring (bicyclic) bond motifs is 1. The molecule has 4 nitrogen and oxygen atoms in total. The molecule has 1 unspecified atom stereocenters. The molecule has 4 heteroatoms. The Kier molecular flexibility index (Phi) is 2.69. The van der Waals surface area contributed by atoms with Gasteiger partial charge >= 0.3 is 0 Å². The number of aromatic nitrogens is 2. The van der Waals surface area contributed by atoms with Crippen molar-refractivity contribution in [2.75, 3.05) is 26.7 Å². The number of rotatable bonds is 2. The number of aromatic amines is 1. The minimum atomic E-state index is 0.812. The molecule has 16 heavy (non-hydrogen) atoms. The van der Waals surface area contributed by atoms with Gasteiger partial charge in [0.25, 0.3) is 0 Å². The Morgan fingerprint density at radius 2 is 2.44 bits per heavy atom. The van der Waals surface area contributed by atoms with Gasteiger partial charge in [-0.05, 0) is 50.9 Å². The highest BCUT2D eigenvalue weighted by Crippen LogP contribution is 2.23. The van der Waals surface area contributed by atoms with E-state index < -0.39 is 0 Å². The quantitative estimate of drug-likeness (QED) is 0.765. The lowest BCUT2D eigenvalue weighted by atomic mass is 9.97. The van der Waals surface area contributed by atoms with Crippen LogP contribution >= 0.6 is 0 Å². The first-order valence-corrected chi connectivity index (χ1v) is 6.27. The number of likely N-dealkylation sites (tertiary alicyclic amines) is 1. The SMILES string of the molecule is CN1CCC(Cc2n[nH]c3c2CCNC3)C1. The summed E-state index contributed by atoms with van der Waals surface area (Å²) in [7, 11) is 2.21. The molecule has 2 aliphatic heterocycles. The largest absolute Gasteiger partial charge is 0.311 e. The van der Waals surface area contributed by atoms with Crippen molar-refractivity contribution in [2.24, 2.45) is 5.92 Å². The van der Waals surface area contributed by atoms with Crippen LogP contribution in [0.3, 0.4) is 0 Å². The maximum Gasteiger partial charge on any atom is 0.0661 e. The van der Waals surface area contributed by atoms with Crippen LogP contribution in [0.5, 0.6) is 0 Å². The van der Waals surface area contributed by atoms with Gasteiger partial charge in [0.15, 0.2) is 0 Å². The molecular weight excluding hydrogens is 200 g/mol. The molecule has 0 aromatic carbocycles. The van der Waals surface area contributed by atoms with E-state index in [2.05, 4.69) is 27.5 Å². The Hall–Kier alpha value is -0.870. The normalized spacial score (nSPS) is 25.9. The van der Waals surface area contributed by atoms with E-state index in [-0.39, 0.29) is 0 Å². The Morgan fingerprint density at radius 1 is 1.50 bits per heavy atom. The maximum absolute atomic E-state index is 4.50. The molecule has 2 aliphatic rings. The van der Waals surface area contributed by atoms with Crippen LogP contribution < -0.4 is 5.32 Å². The summed E-state index contributed by atoms with van der Waals surface area (Å²) in [6, 6.07) is 0. The number of nitrogens with zero attached hydrogens (tertiary/aromatic N) is 2. The topological polar surface area (TPSA) is 44.0 Å². The summed E-state index contributed by atoms with van der Waals surface area (Å²) in [5.41, 5.74) is 4.14. The fraction of sp³-hybridized carbons (Fsp3) is 0.750. The third-order valence-electron chi connectivity index (χ3n) is 3.86. The van der Waals surface area contributed by atoms with Crippen LogP contribution in [0.4, 0.5) is 0 Å². The monoisotopic (exact) mass is 220 g/mol. The standard InChI is InChI=1S/C12H20N4/c1-16-5-3-9(8-16)6-11-10-2-4-13-7-12(10)15-14-11/h9,13H,2-8H2,1H3,(H,14,15). The molecule has 3 heterocycles. The zero-order valence-electron chi connectivity index (χ0n) is 9.92. The summed E-state index contributed by atoms with van der Waals surface area (Å²) in [6.45, 7) is 4.55. The highest BCUT2D eigenvalue weighted by molar-refractivity contribution is 5.28. The van der Waals surface area contributed by atoms with Gasteiger partial charge in [-0.3, -0.25) is 5.10 Å². The van der Waals surface area contributed by atoms with Gasteiger partial charge < -0.3 is 10.2 Å². The van der Waals surface area contributed by atoms with Gasteiger partial charge in [0.1, 0.15) is 0 Å². The molecular formula is C12H20N4. The van der Waals surface area contributed by atoms with Gasteiger partial charge in [-0.1, -0.05) is 0 Å². The van der Waals surface area contributed by atoms with Crippen molar-refractivity contribution in [3.63, 3.8) is 0 Å². The average molecular weight is 220 g/mol. The van der Waals surface area contributed by atoms with Gasteiger partial charge in [0.2, 0.25) is 0 Å². The lowest BCUT2D eigenvalue weighted by Gasteiger charge is -2.14. The molecule has 1 aromatic heterocycles. The summed E-state index contributed by atoms with van der Waals surface area (Å²) in [5, 5.41) is 11.1. The first-order chi connectivity index (χ1) is 7.83. The molecule has 0 saturated carbocycles. The second-order valence-electron chi connectivity index (χ2n) is 5.18. The van der Waals surface area contributed by atoms with Crippen LogP contribution in [0, 0.1) is 5.92 Å². The molecule has 1 aromatic rings. The minimum absolute atomic E-state index is 0.812. The van der Waals surface area contributed by atoms with Gasteiger partial charge in [-0.15, -0.1) is 0 Å². The molecule has 0 spiro atoms. The van der Waals surface area contributed by atoms with Gasteiger partial charge in [-0.2, -0.15) is 5.10 Å². The summed E-state index contributed by atoms with van der Waals surface area (Å²) in [4.78, 5) is 2.42. The van der Waals surface area contributed by atoms with E-state index >= 15 is 0 Å². The van der Waals surface area contributed by atoms with E-state index in [1.54, 1.807) is 0 Å². The zero-order valence-corrected chi connectivity index (χ0v) is 9.92. The van der Waals surface area contributed by atoms with Gasteiger partial charge in [0.05, 0.1) is 11.4 Å². The number of hydrogen-bond donors (Lipinski definition) is 2. The lowest BCUT2D eigenvalue weighted by Crippen LogP contribution is -2.24. The first kappa shape index (κ1) is 10.3. The van der Waals surface area contributed by atoms with Gasteiger partial charge in [-0.25, -0.2) is 0 Å². The Morgan fingerprint density at radius 3 is 3.25 bits per heavy atom. The number of H-pyrrole nitrogens is 1. The third kappa shape index (κ3) is 1.87. The first-order valence-electron chi connectivity index (χ1n) is 6.27. The Balaban J connectivity index is 1.72. The highest BCUT2D eigenvalue weighted by atomic mass is 15.1. The van der Waals surface area contributed by atoms with E-state index in [1.165, 1.54) is 36.5 Å². The summed E-state index contributed by atoms with van der Waals surface area (Å²) in [5.74, 6) is 0.812.